The molecule has 2 heteroatoms. The maximum Gasteiger partial charge on any atom is 0.0923 e. The maximum atomic E-state index is 5.87. The molecule has 0 saturated carbocycles. The zero-order valence-corrected chi connectivity index (χ0v) is 10.8. The highest BCUT2D eigenvalue weighted by Gasteiger charge is 2.34. The van der Waals surface area contributed by atoms with Crippen molar-refractivity contribution in [2.45, 2.75) is 39.4 Å². The Bertz CT molecular complexity index is 324. The lowest BCUT2D eigenvalue weighted by molar-refractivity contribution is -0.0287. The van der Waals surface area contributed by atoms with E-state index in [1.807, 2.05) is 20.9 Å². The quantitative estimate of drug-likeness (QED) is 0.847. The first-order valence-electron chi connectivity index (χ1n) is 6.13. The summed E-state index contributed by atoms with van der Waals surface area (Å²) in [5.74, 6) is 0. The maximum absolute atomic E-state index is 5.87. The van der Waals surface area contributed by atoms with Crippen LogP contribution in [-0.2, 0) is 16.9 Å². The van der Waals surface area contributed by atoms with Crippen molar-refractivity contribution in [3.05, 3.63) is 35.4 Å². The van der Waals surface area contributed by atoms with Gasteiger partial charge in [0.15, 0.2) is 0 Å². The van der Waals surface area contributed by atoms with E-state index in [4.69, 9.17) is 4.74 Å². The van der Waals surface area contributed by atoms with Gasteiger partial charge in [-0.2, -0.15) is 0 Å². The smallest absolute Gasteiger partial charge is 0.0923 e. The summed E-state index contributed by atoms with van der Waals surface area (Å²) >= 11 is 0. The fourth-order valence-electron chi connectivity index (χ4n) is 2.05. The first-order valence-corrected chi connectivity index (χ1v) is 6.13. The molecule has 16 heavy (non-hydrogen) atoms. The molecule has 0 aromatic heterocycles. The molecule has 2 rings (SSSR count). The van der Waals surface area contributed by atoms with Gasteiger partial charge in [0.2, 0.25) is 0 Å². The second kappa shape index (κ2) is 6.02. The molecule has 0 spiro atoms. The fourth-order valence-corrected chi connectivity index (χ4v) is 2.05. The number of rotatable bonds is 3. The number of benzene rings is 1. The average Bonchev–Trinajstić information content (AvgIpc) is 2.69. The van der Waals surface area contributed by atoms with Gasteiger partial charge in [0, 0.05) is 0 Å². The molecule has 1 unspecified atom stereocenters. The van der Waals surface area contributed by atoms with Crippen LogP contribution in [0.25, 0.3) is 0 Å². The minimum absolute atomic E-state index is 0.0837. The van der Waals surface area contributed by atoms with Crippen LogP contribution in [-0.4, -0.2) is 13.6 Å². The third kappa shape index (κ3) is 2.63. The van der Waals surface area contributed by atoms with Gasteiger partial charge >= 0.3 is 0 Å². The Morgan fingerprint density at radius 3 is 2.69 bits per heavy atom. The molecule has 90 valence electrons. The van der Waals surface area contributed by atoms with Crippen LogP contribution in [0.3, 0.4) is 0 Å². The van der Waals surface area contributed by atoms with Crippen molar-refractivity contribution in [3.63, 3.8) is 0 Å². The van der Waals surface area contributed by atoms with Crippen molar-refractivity contribution >= 4 is 0 Å². The van der Waals surface area contributed by atoms with Crippen LogP contribution >= 0.6 is 0 Å². The van der Waals surface area contributed by atoms with Crippen molar-refractivity contribution in [2.75, 3.05) is 13.6 Å². The number of nitrogens with one attached hydrogen (secondary N) is 1. The molecule has 0 amide bonds. The highest BCUT2D eigenvalue weighted by molar-refractivity contribution is 5.34. The lowest BCUT2D eigenvalue weighted by atomic mass is 9.91. The molecule has 1 atom stereocenters. The zero-order chi connectivity index (χ0) is 12.0. The van der Waals surface area contributed by atoms with Gasteiger partial charge in [-0.05, 0) is 38.1 Å². The number of hydrogen-bond donors (Lipinski definition) is 1. The topological polar surface area (TPSA) is 21.3 Å². The Kier molecular flexibility index (Phi) is 4.97. The van der Waals surface area contributed by atoms with Crippen LogP contribution in [0.2, 0.25) is 0 Å². The second-order valence-electron chi connectivity index (χ2n) is 4.03. The normalized spacial score (nSPS) is 22.2. The predicted octanol–water partition coefficient (Wildman–Crippen LogP) is 3.07. The molecular weight excluding hydrogens is 198 g/mol. The zero-order valence-electron chi connectivity index (χ0n) is 10.8. The minimum Gasteiger partial charge on any atom is -0.366 e. The highest BCUT2D eigenvalue weighted by Crippen LogP contribution is 2.38. The Hall–Kier alpha value is -0.860. The molecule has 1 aromatic carbocycles. The Labute approximate surface area is 99.0 Å². The molecule has 1 heterocycles. The lowest BCUT2D eigenvalue weighted by Crippen LogP contribution is -2.25. The van der Waals surface area contributed by atoms with Crippen molar-refractivity contribution in [2.24, 2.45) is 0 Å². The monoisotopic (exact) mass is 221 g/mol. The summed E-state index contributed by atoms with van der Waals surface area (Å²) in [6, 6.07) is 8.50. The molecular formula is C14H23NO. The van der Waals surface area contributed by atoms with Gasteiger partial charge in [-0.15, -0.1) is 0 Å². The Morgan fingerprint density at radius 2 is 2.00 bits per heavy atom. The first-order chi connectivity index (χ1) is 7.76. The Balaban J connectivity index is 0.000000606. The van der Waals surface area contributed by atoms with E-state index >= 15 is 0 Å². The molecule has 1 aliphatic rings. The van der Waals surface area contributed by atoms with Crippen molar-refractivity contribution in [3.8, 4) is 0 Å². The molecule has 1 aromatic rings. The van der Waals surface area contributed by atoms with Gasteiger partial charge in [-0.25, -0.2) is 0 Å². The van der Waals surface area contributed by atoms with Gasteiger partial charge < -0.3 is 10.1 Å². The van der Waals surface area contributed by atoms with Gasteiger partial charge in [-0.3, -0.25) is 0 Å². The van der Waals surface area contributed by atoms with Gasteiger partial charge in [0.25, 0.3) is 0 Å². The summed E-state index contributed by atoms with van der Waals surface area (Å²) < 4.78 is 5.87. The first kappa shape index (κ1) is 13.2. The molecule has 0 fully saturated rings. The van der Waals surface area contributed by atoms with E-state index in [0.717, 1.165) is 19.6 Å². The largest absolute Gasteiger partial charge is 0.366 e. The van der Waals surface area contributed by atoms with E-state index in [2.05, 4.69) is 36.5 Å². The summed E-state index contributed by atoms with van der Waals surface area (Å²) in [6.45, 7) is 7.93. The van der Waals surface area contributed by atoms with E-state index < -0.39 is 0 Å². The van der Waals surface area contributed by atoms with Crippen LogP contribution in [0.15, 0.2) is 24.3 Å². The van der Waals surface area contributed by atoms with Gasteiger partial charge in [0.05, 0.1) is 12.2 Å². The molecule has 0 aliphatic carbocycles. The molecule has 0 bridgehead atoms. The van der Waals surface area contributed by atoms with Crippen LogP contribution in [0, 0.1) is 0 Å². The predicted molar refractivity (Wildman–Crippen MR) is 68.5 cm³/mol. The van der Waals surface area contributed by atoms with Crippen LogP contribution in [0.5, 0.6) is 0 Å². The van der Waals surface area contributed by atoms with E-state index in [1.54, 1.807) is 0 Å². The third-order valence-electron chi connectivity index (χ3n) is 2.99. The molecule has 1 N–H and O–H groups in total. The van der Waals surface area contributed by atoms with E-state index in [1.165, 1.54) is 11.1 Å². The summed E-state index contributed by atoms with van der Waals surface area (Å²) in [5.41, 5.74) is 2.61. The van der Waals surface area contributed by atoms with E-state index in [-0.39, 0.29) is 5.60 Å². The standard InChI is InChI=1S/C12H17NO.C2H6/c1-12(7-8-13-2)11-6-4-3-5-10(11)9-14-12;1-2/h3-6,13H,7-9H2,1-2H3;1-2H3. The molecule has 2 nitrogen and oxygen atoms in total. The average molecular weight is 221 g/mol. The lowest BCUT2D eigenvalue weighted by Gasteiger charge is -2.24. The SMILES string of the molecule is CC.CNCCC1(C)OCc2ccccc21. The van der Waals surface area contributed by atoms with Crippen LogP contribution in [0.1, 0.15) is 38.3 Å². The number of ether oxygens (including phenoxy) is 1. The Morgan fingerprint density at radius 1 is 1.31 bits per heavy atom. The number of fused-ring (bicyclic) bond motifs is 1. The second-order valence-corrected chi connectivity index (χ2v) is 4.03. The van der Waals surface area contributed by atoms with Crippen molar-refractivity contribution in [1.82, 2.24) is 5.32 Å². The number of hydrogen-bond acceptors (Lipinski definition) is 2. The van der Waals surface area contributed by atoms with E-state index in [9.17, 15) is 0 Å². The fraction of sp³-hybridized carbons (Fsp3) is 0.571. The molecule has 0 saturated heterocycles. The summed E-state index contributed by atoms with van der Waals surface area (Å²) in [7, 11) is 1.98. The minimum atomic E-state index is -0.0837. The van der Waals surface area contributed by atoms with Crippen molar-refractivity contribution < 1.29 is 4.74 Å². The molecule has 0 radical (unpaired) electrons. The highest BCUT2D eigenvalue weighted by atomic mass is 16.5. The van der Waals surface area contributed by atoms with Crippen LogP contribution in [0.4, 0.5) is 0 Å². The van der Waals surface area contributed by atoms with Crippen molar-refractivity contribution in [1.29, 1.82) is 0 Å². The third-order valence-corrected chi connectivity index (χ3v) is 2.99. The van der Waals surface area contributed by atoms with E-state index in [0.29, 0.717) is 0 Å². The van der Waals surface area contributed by atoms with Gasteiger partial charge in [0.1, 0.15) is 0 Å². The summed E-state index contributed by atoms with van der Waals surface area (Å²) in [5, 5.41) is 3.17. The summed E-state index contributed by atoms with van der Waals surface area (Å²) in [6.07, 6.45) is 1.03. The van der Waals surface area contributed by atoms with Gasteiger partial charge in [-0.1, -0.05) is 38.1 Å². The van der Waals surface area contributed by atoms with Crippen LogP contribution < -0.4 is 5.32 Å². The molecule has 1 aliphatic heterocycles. The summed E-state index contributed by atoms with van der Waals surface area (Å²) in [4.78, 5) is 0.